The normalized spacial score (nSPS) is 10.8. The molecule has 0 radical (unpaired) electrons. The fourth-order valence-corrected chi connectivity index (χ4v) is 4.07. The van der Waals surface area contributed by atoms with E-state index in [0.29, 0.717) is 23.1 Å². The first-order valence-corrected chi connectivity index (χ1v) is 11.5. The second-order valence-corrected chi connectivity index (χ2v) is 8.14. The Morgan fingerprint density at radius 3 is 2.39 bits per heavy atom. The number of thiazole rings is 1. The third-order valence-electron chi connectivity index (χ3n) is 4.91. The van der Waals surface area contributed by atoms with E-state index in [-0.39, 0.29) is 5.82 Å². The number of carbonyl (C=O) groups is 1. The van der Waals surface area contributed by atoms with Crippen molar-refractivity contribution in [2.75, 3.05) is 11.5 Å². The number of hydrogen-bond acceptors (Lipinski definition) is 4. The van der Waals surface area contributed by atoms with E-state index in [1.807, 2.05) is 17.5 Å². The summed E-state index contributed by atoms with van der Waals surface area (Å²) in [5.41, 5.74) is 7.67. The molecular weight excluding hydrogens is 413 g/mol. The van der Waals surface area contributed by atoms with Gasteiger partial charge >= 0.3 is 6.03 Å². The molecule has 2 aromatic carbocycles. The summed E-state index contributed by atoms with van der Waals surface area (Å²) in [6, 6.07) is 12.7. The Balaban J connectivity index is 1.62. The molecule has 31 heavy (non-hydrogen) atoms. The fraction of sp³-hybridized carbons (Fsp3) is 0.333. The van der Waals surface area contributed by atoms with E-state index in [9.17, 15) is 9.18 Å². The molecule has 0 aliphatic heterocycles. The van der Waals surface area contributed by atoms with Gasteiger partial charge in [-0.05, 0) is 55.0 Å². The van der Waals surface area contributed by atoms with Gasteiger partial charge < -0.3 is 10.5 Å². The number of rotatable bonds is 11. The summed E-state index contributed by atoms with van der Waals surface area (Å²) in [5, 5.41) is 2.27. The lowest BCUT2D eigenvalue weighted by Crippen LogP contribution is -2.31. The zero-order chi connectivity index (χ0) is 22.1. The summed E-state index contributed by atoms with van der Waals surface area (Å²) in [4.78, 5) is 18.0. The largest absolute Gasteiger partial charge is 0.494 e. The number of urea groups is 1. The van der Waals surface area contributed by atoms with Gasteiger partial charge in [0.1, 0.15) is 11.6 Å². The first kappa shape index (κ1) is 22.7. The molecule has 5 nitrogen and oxygen atoms in total. The van der Waals surface area contributed by atoms with Crippen molar-refractivity contribution in [3.8, 4) is 17.0 Å². The Labute approximate surface area is 186 Å². The molecule has 2 amide bonds. The van der Waals surface area contributed by atoms with Gasteiger partial charge in [0.2, 0.25) is 0 Å². The molecule has 0 bridgehead atoms. The number of nitrogens with zero attached hydrogens (tertiary/aromatic N) is 2. The monoisotopic (exact) mass is 441 g/mol. The Morgan fingerprint density at radius 2 is 1.71 bits per heavy atom. The molecule has 0 atom stereocenters. The Bertz CT molecular complexity index is 958. The van der Waals surface area contributed by atoms with Crippen molar-refractivity contribution in [3.63, 3.8) is 0 Å². The maximum Gasteiger partial charge on any atom is 0.325 e. The van der Waals surface area contributed by atoms with Crippen molar-refractivity contribution in [1.29, 1.82) is 0 Å². The van der Waals surface area contributed by atoms with Gasteiger partial charge in [-0.2, -0.15) is 0 Å². The molecule has 164 valence electrons. The number of amides is 2. The highest BCUT2D eigenvalue weighted by Crippen LogP contribution is 2.33. The SMILES string of the molecule is CCCCCCCCOc1ccc(N(C(N)=O)c2nc(-c3ccc(F)cc3)cs2)cc1. The highest BCUT2D eigenvalue weighted by atomic mass is 32.1. The van der Waals surface area contributed by atoms with Crippen LogP contribution in [0, 0.1) is 5.82 Å². The molecule has 7 heteroatoms. The lowest BCUT2D eigenvalue weighted by molar-refractivity contribution is 0.256. The maximum atomic E-state index is 13.2. The molecule has 0 unspecified atom stereocenters. The number of halogens is 1. The Morgan fingerprint density at radius 1 is 1.03 bits per heavy atom. The molecule has 3 aromatic rings. The topological polar surface area (TPSA) is 68.5 Å². The predicted molar refractivity (Wildman–Crippen MR) is 125 cm³/mol. The van der Waals surface area contributed by atoms with Crippen LogP contribution in [0.1, 0.15) is 45.4 Å². The van der Waals surface area contributed by atoms with Gasteiger partial charge in [0.25, 0.3) is 0 Å². The van der Waals surface area contributed by atoms with Crippen LogP contribution in [0.25, 0.3) is 11.3 Å². The number of unbranched alkanes of at least 4 members (excludes halogenated alkanes) is 5. The molecule has 1 heterocycles. The summed E-state index contributed by atoms with van der Waals surface area (Å²) < 4.78 is 19.0. The van der Waals surface area contributed by atoms with Crippen molar-refractivity contribution in [1.82, 2.24) is 4.98 Å². The van der Waals surface area contributed by atoms with E-state index in [0.717, 1.165) is 17.7 Å². The number of ether oxygens (including phenoxy) is 1. The van der Waals surface area contributed by atoms with Crippen LogP contribution in [0.4, 0.5) is 20.0 Å². The van der Waals surface area contributed by atoms with E-state index in [2.05, 4.69) is 11.9 Å². The quantitative estimate of drug-likeness (QED) is 0.329. The van der Waals surface area contributed by atoms with Gasteiger partial charge in [0.15, 0.2) is 5.13 Å². The lowest BCUT2D eigenvalue weighted by Gasteiger charge is -2.17. The molecule has 0 saturated carbocycles. The summed E-state index contributed by atoms with van der Waals surface area (Å²) in [5.74, 6) is 0.449. The highest BCUT2D eigenvalue weighted by Gasteiger charge is 2.19. The lowest BCUT2D eigenvalue weighted by atomic mass is 10.1. The van der Waals surface area contributed by atoms with Crippen molar-refractivity contribution in [3.05, 3.63) is 59.7 Å². The molecule has 0 spiro atoms. The van der Waals surface area contributed by atoms with E-state index >= 15 is 0 Å². The summed E-state index contributed by atoms with van der Waals surface area (Å²) >= 11 is 1.30. The first-order chi connectivity index (χ1) is 15.1. The molecule has 1 aromatic heterocycles. The van der Waals surface area contributed by atoms with Gasteiger partial charge in [-0.3, -0.25) is 0 Å². The highest BCUT2D eigenvalue weighted by molar-refractivity contribution is 7.14. The number of aromatic nitrogens is 1. The number of benzene rings is 2. The van der Waals surface area contributed by atoms with Crippen molar-refractivity contribution in [2.24, 2.45) is 5.73 Å². The summed E-state index contributed by atoms with van der Waals surface area (Å²) in [6.45, 7) is 2.89. The molecule has 3 rings (SSSR count). The number of hydrogen-bond donors (Lipinski definition) is 1. The Hall–Kier alpha value is -2.93. The smallest absolute Gasteiger partial charge is 0.325 e. The van der Waals surface area contributed by atoms with Crippen LogP contribution >= 0.6 is 11.3 Å². The zero-order valence-electron chi connectivity index (χ0n) is 17.7. The Kier molecular flexibility index (Phi) is 8.41. The zero-order valence-corrected chi connectivity index (χ0v) is 18.5. The van der Waals surface area contributed by atoms with Gasteiger partial charge in [0, 0.05) is 10.9 Å². The molecule has 0 aliphatic carbocycles. The number of primary amides is 1. The third-order valence-corrected chi connectivity index (χ3v) is 5.73. The maximum absolute atomic E-state index is 13.2. The number of carbonyl (C=O) groups excluding carboxylic acids is 1. The standard InChI is InChI=1S/C24H28FN3O2S/c1-2-3-4-5-6-7-16-30-21-14-12-20(13-15-21)28(23(26)29)24-27-22(17-31-24)18-8-10-19(25)11-9-18/h8-15,17H,2-7,16H2,1H3,(H2,26,29). The fourth-order valence-electron chi connectivity index (χ4n) is 3.22. The average molecular weight is 442 g/mol. The van der Waals surface area contributed by atoms with Crippen LogP contribution in [-0.2, 0) is 0 Å². The van der Waals surface area contributed by atoms with Gasteiger partial charge in [-0.25, -0.2) is 19.1 Å². The summed E-state index contributed by atoms with van der Waals surface area (Å²) in [6.07, 6.45) is 7.28. The van der Waals surface area contributed by atoms with Crippen LogP contribution < -0.4 is 15.4 Å². The third kappa shape index (κ3) is 6.52. The van der Waals surface area contributed by atoms with E-state index in [1.165, 1.54) is 60.5 Å². The van der Waals surface area contributed by atoms with E-state index in [1.54, 1.807) is 24.3 Å². The van der Waals surface area contributed by atoms with Crippen LogP contribution in [0.5, 0.6) is 5.75 Å². The first-order valence-electron chi connectivity index (χ1n) is 10.6. The molecule has 0 aliphatic rings. The van der Waals surface area contributed by atoms with Crippen LogP contribution in [-0.4, -0.2) is 17.6 Å². The average Bonchev–Trinajstić information content (AvgIpc) is 3.24. The second kappa shape index (κ2) is 11.5. The molecule has 2 N–H and O–H groups in total. The minimum atomic E-state index is -0.624. The van der Waals surface area contributed by atoms with Gasteiger partial charge in [-0.15, -0.1) is 11.3 Å². The number of anilines is 2. The van der Waals surface area contributed by atoms with Gasteiger partial charge in [-0.1, -0.05) is 39.0 Å². The molecule has 0 fully saturated rings. The van der Waals surface area contributed by atoms with Crippen molar-refractivity contribution >= 4 is 28.2 Å². The molecular formula is C24H28FN3O2S. The van der Waals surface area contributed by atoms with Crippen LogP contribution in [0.2, 0.25) is 0 Å². The van der Waals surface area contributed by atoms with Crippen molar-refractivity contribution in [2.45, 2.75) is 45.4 Å². The van der Waals surface area contributed by atoms with E-state index < -0.39 is 6.03 Å². The van der Waals surface area contributed by atoms with Gasteiger partial charge in [0.05, 0.1) is 18.0 Å². The summed E-state index contributed by atoms with van der Waals surface area (Å²) in [7, 11) is 0. The minimum absolute atomic E-state index is 0.309. The van der Waals surface area contributed by atoms with E-state index in [4.69, 9.17) is 10.5 Å². The van der Waals surface area contributed by atoms with Crippen LogP contribution in [0.15, 0.2) is 53.9 Å². The minimum Gasteiger partial charge on any atom is -0.494 e. The molecule has 0 saturated heterocycles. The second-order valence-electron chi connectivity index (χ2n) is 7.31. The van der Waals surface area contributed by atoms with Crippen molar-refractivity contribution < 1.29 is 13.9 Å². The van der Waals surface area contributed by atoms with Crippen LogP contribution in [0.3, 0.4) is 0 Å². The number of nitrogens with two attached hydrogens (primary N) is 1. The predicted octanol–water partition coefficient (Wildman–Crippen LogP) is 6.91.